The lowest BCUT2D eigenvalue weighted by atomic mass is 10.0. The maximum atomic E-state index is 13.3. The molecular weight excluding hydrogens is 436 g/mol. The molecule has 1 N–H and O–H groups in total. The van der Waals surface area contributed by atoms with Crippen molar-refractivity contribution in [3.05, 3.63) is 81.5 Å². The number of aromatic nitrogens is 5. The molecule has 1 amide bonds. The molecule has 4 aromatic rings. The highest BCUT2D eigenvalue weighted by Gasteiger charge is 2.39. The number of para-hydroxylation sites is 2. The molecule has 174 valence electrons. The van der Waals surface area contributed by atoms with Gasteiger partial charge in [0, 0.05) is 18.5 Å². The zero-order chi connectivity index (χ0) is 23.8. The molecule has 10 nitrogen and oxygen atoms in total. The smallest absolute Gasteiger partial charge is 0.303 e. The third-order valence-corrected chi connectivity index (χ3v) is 6.01. The van der Waals surface area contributed by atoms with Gasteiger partial charge in [-0.15, -0.1) is 4.85 Å². The minimum absolute atomic E-state index is 0.251. The average molecular weight is 460 g/mol. The monoisotopic (exact) mass is 460 g/mol. The van der Waals surface area contributed by atoms with Crippen molar-refractivity contribution >= 4 is 11.6 Å². The van der Waals surface area contributed by atoms with E-state index >= 15 is 0 Å². The van der Waals surface area contributed by atoms with E-state index in [1.165, 1.54) is 0 Å². The summed E-state index contributed by atoms with van der Waals surface area (Å²) in [5.74, 6) is 0.199. The minimum atomic E-state index is -0.347. The highest BCUT2D eigenvalue weighted by atomic mass is 16.8. The van der Waals surface area contributed by atoms with Gasteiger partial charge in [0.2, 0.25) is 5.69 Å². The maximum absolute atomic E-state index is 13.3. The van der Waals surface area contributed by atoms with Crippen molar-refractivity contribution in [2.24, 2.45) is 5.92 Å². The van der Waals surface area contributed by atoms with Crippen molar-refractivity contribution in [3.8, 4) is 17.1 Å². The molecule has 34 heavy (non-hydrogen) atoms. The molecule has 0 radical (unpaired) electrons. The second kappa shape index (κ2) is 8.62. The van der Waals surface area contributed by atoms with E-state index in [1.54, 1.807) is 24.3 Å². The SMILES string of the molecule is CC(C)CCc1ccccc1NC(=O)c1ccccc1-n1nc2c([n+]1[O-])CCc1c-2no[n+]1[O-]. The van der Waals surface area contributed by atoms with Crippen molar-refractivity contribution < 1.29 is 19.2 Å². The molecule has 1 aliphatic rings. The van der Waals surface area contributed by atoms with Crippen molar-refractivity contribution in [1.82, 2.24) is 15.1 Å². The van der Waals surface area contributed by atoms with E-state index in [0.29, 0.717) is 51.1 Å². The molecule has 2 heterocycles. The van der Waals surface area contributed by atoms with Crippen molar-refractivity contribution in [2.75, 3.05) is 5.32 Å². The van der Waals surface area contributed by atoms with Gasteiger partial charge in [0.25, 0.3) is 5.91 Å². The molecule has 0 aliphatic heterocycles. The Balaban J connectivity index is 1.50. The van der Waals surface area contributed by atoms with Crippen LogP contribution in [0.5, 0.6) is 0 Å². The second-order valence-electron chi connectivity index (χ2n) is 8.74. The van der Waals surface area contributed by atoms with Gasteiger partial charge in [-0.25, -0.2) is 0 Å². The topological polar surface area (TPSA) is 127 Å². The molecule has 5 rings (SSSR count). The van der Waals surface area contributed by atoms with Gasteiger partial charge in [0.1, 0.15) is 5.69 Å². The van der Waals surface area contributed by atoms with Crippen molar-refractivity contribution in [2.45, 2.75) is 39.5 Å². The molecule has 0 bridgehead atoms. The van der Waals surface area contributed by atoms with Gasteiger partial charge in [-0.05, 0) is 52.2 Å². The van der Waals surface area contributed by atoms with E-state index < -0.39 is 0 Å². The normalized spacial score (nSPS) is 12.4. The van der Waals surface area contributed by atoms with E-state index in [1.807, 2.05) is 24.3 Å². The van der Waals surface area contributed by atoms with Crippen LogP contribution in [0.4, 0.5) is 5.69 Å². The summed E-state index contributed by atoms with van der Waals surface area (Å²) in [5, 5.41) is 36.1. The third-order valence-electron chi connectivity index (χ3n) is 6.01. The number of carbonyl (C=O) groups is 1. The Morgan fingerprint density at radius 3 is 2.65 bits per heavy atom. The molecule has 0 saturated heterocycles. The van der Waals surface area contributed by atoms with E-state index in [9.17, 15) is 15.2 Å². The van der Waals surface area contributed by atoms with Crippen molar-refractivity contribution in [3.63, 3.8) is 0 Å². The average Bonchev–Trinajstić information content (AvgIpc) is 3.38. The minimum Gasteiger partial charge on any atom is -0.692 e. The van der Waals surface area contributed by atoms with Crippen LogP contribution in [0, 0.1) is 16.3 Å². The molecule has 2 aromatic carbocycles. The number of hydrogen-bond donors (Lipinski definition) is 1. The van der Waals surface area contributed by atoms with Gasteiger partial charge < -0.3 is 15.7 Å². The fourth-order valence-corrected chi connectivity index (χ4v) is 4.17. The fraction of sp³-hybridized carbons (Fsp3) is 0.292. The van der Waals surface area contributed by atoms with E-state index in [-0.39, 0.29) is 17.3 Å². The standard InChI is InChI=1S/C24H24N6O4/c1-15(2)11-12-16-7-3-5-9-18(16)25-24(31)17-8-4-6-10-19(17)28-26-22-20(29(28)32)13-14-21-23(22)27-34-30(21)33/h3-10,15H,11-14H2,1-2H3,(H,25,31). The summed E-state index contributed by atoms with van der Waals surface area (Å²) in [6, 6.07) is 14.5. The number of rotatable bonds is 6. The number of hydrogen-bond acceptors (Lipinski definition) is 6. The summed E-state index contributed by atoms with van der Waals surface area (Å²) < 4.78 is 4.69. The Bertz CT molecular complexity index is 1370. The molecule has 10 heteroatoms. The molecule has 0 saturated carbocycles. The molecule has 0 spiro atoms. The fourth-order valence-electron chi connectivity index (χ4n) is 4.17. The van der Waals surface area contributed by atoms with Gasteiger partial charge in [0.05, 0.1) is 15.8 Å². The van der Waals surface area contributed by atoms with Gasteiger partial charge in [-0.3, -0.25) is 9.42 Å². The molecule has 1 aliphatic carbocycles. The highest BCUT2D eigenvalue weighted by Crippen LogP contribution is 2.28. The number of nitrogens with zero attached hydrogens (tertiary/aromatic N) is 5. The number of benzene rings is 2. The summed E-state index contributed by atoms with van der Waals surface area (Å²) in [6.45, 7) is 4.33. The number of anilines is 1. The first-order chi connectivity index (χ1) is 16.4. The summed E-state index contributed by atoms with van der Waals surface area (Å²) in [5.41, 5.74) is 3.65. The second-order valence-corrected chi connectivity index (χ2v) is 8.74. The Hall–Kier alpha value is -4.21. The zero-order valence-corrected chi connectivity index (χ0v) is 18.9. The summed E-state index contributed by atoms with van der Waals surface area (Å²) in [7, 11) is 0. The van der Waals surface area contributed by atoms with E-state index in [2.05, 4.69) is 34.0 Å². The summed E-state index contributed by atoms with van der Waals surface area (Å²) in [4.78, 5) is 15.4. The van der Waals surface area contributed by atoms with Crippen LogP contribution in [0.1, 0.15) is 47.6 Å². The van der Waals surface area contributed by atoms with Crippen molar-refractivity contribution in [1.29, 1.82) is 0 Å². The Kier molecular flexibility index (Phi) is 5.48. The molecule has 2 aromatic heterocycles. The van der Waals surface area contributed by atoms with Crippen LogP contribution in [-0.2, 0) is 19.3 Å². The third kappa shape index (κ3) is 3.76. The number of carbonyl (C=O) groups excluding carboxylic acids is 1. The van der Waals surface area contributed by atoms with Gasteiger partial charge in [0.15, 0.2) is 5.69 Å². The largest absolute Gasteiger partial charge is 0.692 e. The van der Waals surface area contributed by atoms with Crippen LogP contribution in [0.25, 0.3) is 17.1 Å². The van der Waals surface area contributed by atoms with Crippen LogP contribution < -0.4 is 15.1 Å². The number of nitrogens with one attached hydrogen (secondary N) is 1. The first kappa shape index (κ1) is 21.6. The van der Waals surface area contributed by atoms with Gasteiger partial charge >= 0.3 is 11.4 Å². The Morgan fingerprint density at radius 1 is 1.09 bits per heavy atom. The summed E-state index contributed by atoms with van der Waals surface area (Å²) >= 11 is 0. The quantitative estimate of drug-likeness (QED) is 0.348. The van der Waals surface area contributed by atoms with Crippen LogP contribution >= 0.6 is 0 Å². The number of amides is 1. The predicted octanol–water partition coefficient (Wildman–Crippen LogP) is 2.73. The number of aryl methyl sites for hydroxylation is 1. The Morgan fingerprint density at radius 2 is 1.82 bits per heavy atom. The lowest BCUT2D eigenvalue weighted by molar-refractivity contribution is -0.808. The highest BCUT2D eigenvalue weighted by molar-refractivity contribution is 6.07. The lowest BCUT2D eigenvalue weighted by Crippen LogP contribution is -2.42. The van der Waals surface area contributed by atoms with Crippen LogP contribution in [0.15, 0.2) is 53.2 Å². The number of fused-ring (bicyclic) bond motifs is 3. The Labute approximate surface area is 195 Å². The van der Waals surface area contributed by atoms with Crippen LogP contribution in [0.2, 0.25) is 0 Å². The van der Waals surface area contributed by atoms with E-state index in [4.69, 9.17) is 0 Å². The predicted molar refractivity (Wildman–Crippen MR) is 122 cm³/mol. The van der Waals surface area contributed by atoms with Gasteiger partial charge in [-0.2, -0.15) is 0 Å². The molecular formula is C24H24N6O4. The lowest BCUT2D eigenvalue weighted by Gasteiger charge is -2.14. The molecule has 0 atom stereocenters. The molecule has 0 unspecified atom stereocenters. The summed E-state index contributed by atoms with van der Waals surface area (Å²) in [6.07, 6.45) is 2.49. The van der Waals surface area contributed by atoms with E-state index in [0.717, 1.165) is 28.9 Å². The van der Waals surface area contributed by atoms with Crippen LogP contribution in [-0.4, -0.2) is 21.0 Å². The van der Waals surface area contributed by atoms with Gasteiger partial charge in [-0.1, -0.05) is 44.2 Å². The maximum Gasteiger partial charge on any atom is 0.303 e. The van der Waals surface area contributed by atoms with Crippen LogP contribution in [0.3, 0.4) is 0 Å². The molecule has 0 fully saturated rings. The first-order valence-electron chi connectivity index (χ1n) is 11.2. The first-order valence-corrected chi connectivity index (χ1v) is 11.2. The zero-order valence-electron chi connectivity index (χ0n) is 18.9.